The van der Waals surface area contributed by atoms with Crippen LogP contribution in [-0.2, 0) is 6.18 Å². The number of hydrogen-bond acceptors (Lipinski definition) is 2. The van der Waals surface area contributed by atoms with Crippen molar-refractivity contribution in [3.05, 3.63) is 65.2 Å². The van der Waals surface area contributed by atoms with Crippen LogP contribution in [0.25, 0.3) is 0 Å². The topological polar surface area (TPSA) is 32.3 Å². The fourth-order valence-corrected chi connectivity index (χ4v) is 1.98. The molecule has 1 unspecified atom stereocenters. The van der Waals surface area contributed by atoms with Crippen LogP contribution in [0, 0.1) is 6.92 Å². The Morgan fingerprint density at radius 1 is 1.10 bits per heavy atom. The van der Waals surface area contributed by atoms with E-state index in [2.05, 4.69) is 5.32 Å². The summed E-state index contributed by atoms with van der Waals surface area (Å²) in [6, 6.07) is 12.2. The lowest BCUT2D eigenvalue weighted by atomic mass is 10.1. The second kappa shape index (κ2) is 6.18. The van der Waals surface area contributed by atoms with Gasteiger partial charge in [-0.3, -0.25) is 0 Å². The fourth-order valence-electron chi connectivity index (χ4n) is 1.98. The minimum atomic E-state index is -4.36. The number of alkyl halides is 3. The van der Waals surface area contributed by atoms with Crippen LogP contribution in [-0.4, -0.2) is 11.7 Å². The van der Waals surface area contributed by atoms with E-state index in [-0.39, 0.29) is 6.54 Å². The minimum Gasteiger partial charge on any atom is -0.387 e. The van der Waals surface area contributed by atoms with Gasteiger partial charge in [0.1, 0.15) is 0 Å². The van der Waals surface area contributed by atoms with Crippen molar-refractivity contribution in [2.24, 2.45) is 0 Å². The normalized spacial score (nSPS) is 13.0. The van der Waals surface area contributed by atoms with Gasteiger partial charge in [-0.2, -0.15) is 13.2 Å². The summed E-state index contributed by atoms with van der Waals surface area (Å²) in [6.07, 6.45) is -5.23. The number of nitrogens with one attached hydrogen (secondary N) is 1. The van der Waals surface area contributed by atoms with Gasteiger partial charge in [-0.15, -0.1) is 0 Å². The van der Waals surface area contributed by atoms with Crippen LogP contribution in [0.15, 0.2) is 48.5 Å². The number of benzene rings is 2. The summed E-state index contributed by atoms with van der Waals surface area (Å²) in [5.41, 5.74) is 1.68. The van der Waals surface area contributed by atoms with E-state index in [1.807, 2.05) is 31.2 Å². The Balaban J connectivity index is 1.99. The molecule has 21 heavy (non-hydrogen) atoms. The number of anilines is 1. The highest BCUT2D eigenvalue weighted by molar-refractivity contribution is 5.45. The second-order valence-electron chi connectivity index (χ2n) is 4.89. The molecular weight excluding hydrogens is 279 g/mol. The maximum absolute atomic E-state index is 12.5. The first kappa shape index (κ1) is 15.4. The number of aliphatic hydroxyl groups excluding tert-OH is 1. The van der Waals surface area contributed by atoms with Crippen molar-refractivity contribution in [1.29, 1.82) is 0 Å². The third kappa shape index (κ3) is 4.23. The Kier molecular flexibility index (Phi) is 4.53. The Morgan fingerprint density at radius 3 is 2.33 bits per heavy atom. The van der Waals surface area contributed by atoms with E-state index < -0.39 is 17.8 Å². The van der Waals surface area contributed by atoms with Gasteiger partial charge < -0.3 is 10.4 Å². The molecule has 112 valence electrons. The lowest BCUT2D eigenvalue weighted by molar-refractivity contribution is -0.137. The molecule has 2 rings (SSSR count). The van der Waals surface area contributed by atoms with E-state index in [0.717, 1.165) is 23.4 Å². The van der Waals surface area contributed by atoms with Gasteiger partial charge in [-0.1, -0.05) is 24.3 Å². The lowest BCUT2D eigenvalue weighted by Gasteiger charge is -2.14. The fraction of sp³-hybridized carbons (Fsp3) is 0.250. The zero-order valence-corrected chi connectivity index (χ0v) is 11.5. The van der Waals surface area contributed by atoms with E-state index in [4.69, 9.17) is 0 Å². The van der Waals surface area contributed by atoms with Gasteiger partial charge in [0.05, 0.1) is 11.7 Å². The molecule has 2 N–H and O–H groups in total. The maximum atomic E-state index is 12.5. The third-order valence-corrected chi connectivity index (χ3v) is 3.14. The van der Waals surface area contributed by atoms with Crippen molar-refractivity contribution < 1.29 is 18.3 Å². The molecule has 0 saturated heterocycles. The molecule has 0 aliphatic rings. The van der Waals surface area contributed by atoms with Gasteiger partial charge in [0.15, 0.2) is 0 Å². The number of aryl methyl sites for hydroxylation is 1. The molecule has 0 bridgehead atoms. The average molecular weight is 295 g/mol. The quantitative estimate of drug-likeness (QED) is 0.887. The van der Waals surface area contributed by atoms with Crippen molar-refractivity contribution >= 4 is 5.69 Å². The highest BCUT2D eigenvalue weighted by atomic mass is 19.4. The van der Waals surface area contributed by atoms with Gasteiger partial charge in [0, 0.05) is 12.2 Å². The zero-order chi connectivity index (χ0) is 15.5. The second-order valence-corrected chi connectivity index (χ2v) is 4.89. The summed E-state index contributed by atoms with van der Waals surface area (Å²) in [6.45, 7) is 2.19. The lowest BCUT2D eigenvalue weighted by Crippen LogP contribution is -2.12. The molecule has 0 aliphatic heterocycles. The Bertz CT molecular complexity index is 593. The molecule has 0 aromatic heterocycles. The van der Waals surface area contributed by atoms with Crippen LogP contribution in [0.2, 0.25) is 0 Å². The number of halogens is 3. The molecule has 2 aromatic carbocycles. The summed E-state index contributed by atoms with van der Waals surface area (Å²) in [5.74, 6) is 0. The molecule has 0 spiro atoms. The van der Waals surface area contributed by atoms with E-state index in [1.54, 1.807) is 0 Å². The van der Waals surface area contributed by atoms with Crippen LogP contribution in [0.4, 0.5) is 18.9 Å². The minimum absolute atomic E-state index is 0.231. The summed E-state index contributed by atoms with van der Waals surface area (Å²) in [5, 5.41) is 13.1. The Labute approximate surface area is 121 Å². The highest BCUT2D eigenvalue weighted by Crippen LogP contribution is 2.29. The van der Waals surface area contributed by atoms with Gasteiger partial charge in [0.25, 0.3) is 0 Å². The zero-order valence-electron chi connectivity index (χ0n) is 11.5. The largest absolute Gasteiger partial charge is 0.416 e. The number of rotatable bonds is 4. The maximum Gasteiger partial charge on any atom is 0.416 e. The van der Waals surface area contributed by atoms with Crippen LogP contribution < -0.4 is 5.32 Å². The molecule has 5 heteroatoms. The molecular formula is C16H16F3NO. The van der Waals surface area contributed by atoms with Crippen LogP contribution in [0.5, 0.6) is 0 Å². The standard InChI is InChI=1S/C16H16F3NO/c1-11-3-2-4-14(9-11)20-10-15(21)12-5-7-13(8-6-12)16(17,18)19/h2-9,15,20-21H,10H2,1H3. The molecule has 2 nitrogen and oxygen atoms in total. The van der Waals surface area contributed by atoms with E-state index >= 15 is 0 Å². The van der Waals surface area contributed by atoms with E-state index in [9.17, 15) is 18.3 Å². The van der Waals surface area contributed by atoms with Gasteiger partial charge in [0.2, 0.25) is 0 Å². The Hall–Kier alpha value is -2.01. The molecule has 1 atom stereocenters. The molecule has 0 fully saturated rings. The monoisotopic (exact) mass is 295 g/mol. The number of hydrogen-bond donors (Lipinski definition) is 2. The summed E-state index contributed by atoms with van der Waals surface area (Å²) in [7, 11) is 0. The summed E-state index contributed by atoms with van der Waals surface area (Å²) in [4.78, 5) is 0. The summed E-state index contributed by atoms with van der Waals surface area (Å²) < 4.78 is 37.4. The van der Waals surface area contributed by atoms with E-state index in [0.29, 0.717) is 5.56 Å². The van der Waals surface area contributed by atoms with Crippen molar-refractivity contribution in [2.45, 2.75) is 19.2 Å². The van der Waals surface area contributed by atoms with Gasteiger partial charge >= 0.3 is 6.18 Å². The molecule has 2 aromatic rings. The van der Waals surface area contributed by atoms with Crippen LogP contribution >= 0.6 is 0 Å². The van der Waals surface area contributed by atoms with Gasteiger partial charge in [-0.05, 0) is 42.3 Å². The third-order valence-electron chi connectivity index (χ3n) is 3.14. The van der Waals surface area contributed by atoms with Crippen molar-refractivity contribution in [3.8, 4) is 0 Å². The summed E-state index contributed by atoms with van der Waals surface area (Å²) >= 11 is 0. The smallest absolute Gasteiger partial charge is 0.387 e. The first-order valence-electron chi connectivity index (χ1n) is 6.52. The first-order valence-corrected chi connectivity index (χ1v) is 6.52. The van der Waals surface area contributed by atoms with Crippen molar-refractivity contribution in [2.75, 3.05) is 11.9 Å². The Morgan fingerprint density at radius 2 is 1.76 bits per heavy atom. The highest BCUT2D eigenvalue weighted by Gasteiger charge is 2.30. The van der Waals surface area contributed by atoms with Gasteiger partial charge in [-0.25, -0.2) is 0 Å². The van der Waals surface area contributed by atoms with Crippen molar-refractivity contribution in [1.82, 2.24) is 0 Å². The van der Waals surface area contributed by atoms with Crippen molar-refractivity contribution in [3.63, 3.8) is 0 Å². The van der Waals surface area contributed by atoms with Crippen LogP contribution in [0.3, 0.4) is 0 Å². The van der Waals surface area contributed by atoms with Crippen LogP contribution in [0.1, 0.15) is 22.8 Å². The average Bonchev–Trinajstić information content (AvgIpc) is 2.44. The number of aliphatic hydroxyl groups is 1. The van der Waals surface area contributed by atoms with E-state index in [1.165, 1.54) is 12.1 Å². The molecule has 0 saturated carbocycles. The molecule has 0 heterocycles. The predicted molar refractivity (Wildman–Crippen MR) is 76.1 cm³/mol. The first-order chi connectivity index (χ1) is 9.86. The SMILES string of the molecule is Cc1cccc(NCC(O)c2ccc(C(F)(F)F)cc2)c1. The molecule has 0 radical (unpaired) electrons. The molecule has 0 amide bonds. The molecule has 0 aliphatic carbocycles. The predicted octanol–water partition coefficient (Wildman–Crippen LogP) is 4.16.